The van der Waals surface area contributed by atoms with Gasteiger partial charge in [-0.1, -0.05) is 25.5 Å². The molecule has 1 heterocycles. The highest BCUT2D eigenvalue weighted by Crippen LogP contribution is 2.31. The van der Waals surface area contributed by atoms with Gasteiger partial charge in [0.05, 0.1) is 6.61 Å². The molecule has 1 saturated heterocycles. The number of hydrogen-bond donors (Lipinski definition) is 4. The Bertz CT molecular complexity index is 625. The fourth-order valence-electron chi connectivity index (χ4n) is 3.24. The van der Waals surface area contributed by atoms with Gasteiger partial charge in [0, 0.05) is 50.9 Å². The molecule has 1 aliphatic heterocycles. The van der Waals surface area contributed by atoms with Gasteiger partial charge in [-0.3, -0.25) is 9.79 Å². The van der Waals surface area contributed by atoms with Gasteiger partial charge in [-0.25, -0.2) is 0 Å². The standard InChI is InChI=1S/C21H34N4O3/c1-3-4-11-23-19(27)18-7-5-17(6-8-18)14-24-20(22-2)25-15-21(9-12-26)10-13-28-16-21/h5-8,26H,3-4,9-16H2,1-2H3,(H,23,27)(H2,22,24,25). The highest BCUT2D eigenvalue weighted by atomic mass is 16.5. The highest BCUT2D eigenvalue weighted by molar-refractivity contribution is 5.94. The molecule has 1 aromatic carbocycles. The summed E-state index contributed by atoms with van der Waals surface area (Å²) in [6.45, 7) is 5.71. The topological polar surface area (TPSA) is 95.0 Å². The summed E-state index contributed by atoms with van der Waals surface area (Å²) in [6.07, 6.45) is 3.72. The first-order valence-electron chi connectivity index (χ1n) is 10.1. The van der Waals surface area contributed by atoms with E-state index in [4.69, 9.17) is 4.74 Å². The minimum Gasteiger partial charge on any atom is -0.396 e. The first-order valence-corrected chi connectivity index (χ1v) is 10.1. The number of hydrogen-bond acceptors (Lipinski definition) is 4. The number of carbonyl (C=O) groups is 1. The third-order valence-corrected chi connectivity index (χ3v) is 5.17. The largest absolute Gasteiger partial charge is 0.396 e. The molecular formula is C21H34N4O3. The molecule has 1 unspecified atom stereocenters. The molecule has 156 valence electrons. The summed E-state index contributed by atoms with van der Waals surface area (Å²) in [7, 11) is 1.74. The van der Waals surface area contributed by atoms with Crippen molar-refractivity contribution in [2.45, 2.75) is 39.2 Å². The Labute approximate surface area is 168 Å². The molecular weight excluding hydrogens is 356 g/mol. The molecule has 4 N–H and O–H groups in total. The fraction of sp³-hybridized carbons (Fsp3) is 0.619. The normalized spacial score (nSPS) is 19.5. The predicted octanol–water partition coefficient (Wildman–Crippen LogP) is 1.67. The monoisotopic (exact) mass is 390 g/mol. The van der Waals surface area contributed by atoms with Gasteiger partial charge in [0.1, 0.15) is 0 Å². The number of unbranched alkanes of at least 4 members (excludes halogenated alkanes) is 1. The number of carbonyl (C=O) groups excluding carboxylic acids is 1. The Hall–Kier alpha value is -2.12. The lowest BCUT2D eigenvalue weighted by molar-refractivity contribution is 0.0953. The van der Waals surface area contributed by atoms with Crippen molar-refractivity contribution in [2.24, 2.45) is 10.4 Å². The van der Waals surface area contributed by atoms with Gasteiger partial charge in [0.15, 0.2) is 5.96 Å². The molecule has 2 rings (SSSR count). The Morgan fingerprint density at radius 2 is 2.04 bits per heavy atom. The Morgan fingerprint density at radius 3 is 2.64 bits per heavy atom. The van der Waals surface area contributed by atoms with Crippen LogP contribution >= 0.6 is 0 Å². The van der Waals surface area contributed by atoms with E-state index in [0.29, 0.717) is 37.8 Å². The second-order valence-electron chi connectivity index (χ2n) is 7.36. The van der Waals surface area contributed by atoms with E-state index in [9.17, 15) is 9.90 Å². The molecule has 1 amide bonds. The molecule has 1 fully saturated rings. The summed E-state index contributed by atoms with van der Waals surface area (Å²) in [6, 6.07) is 7.60. The van der Waals surface area contributed by atoms with Crippen LogP contribution in [0.4, 0.5) is 0 Å². The summed E-state index contributed by atoms with van der Waals surface area (Å²) in [5, 5.41) is 18.9. The Balaban J connectivity index is 1.80. The van der Waals surface area contributed by atoms with Gasteiger partial charge >= 0.3 is 0 Å². The first-order chi connectivity index (χ1) is 13.6. The van der Waals surface area contributed by atoms with Crippen LogP contribution in [0.2, 0.25) is 0 Å². The number of benzene rings is 1. The van der Waals surface area contributed by atoms with Crippen molar-refractivity contribution in [1.29, 1.82) is 0 Å². The lowest BCUT2D eigenvalue weighted by Crippen LogP contribution is -2.44. The number of aliphatic hydroxyl groups is 1. The van der Waals surface area contributed by atoms with Crippen LogP contribution in [0.5, 0.6) is 0 Å². The van der Waals surface area contributed by atoms with Crippen LogP contribution in [0.1, 0.15) is 48.5 Å². The number of guanidine groups is 1. The molecule has 0 aromatic heterocycles. The summed E-state index contributed by atoms with van der Waals surface area (Å²) < 4.78 is 5.53. The maximum atomic E-state index is 12.1. The zero-order valence-electron chi connectivity index (χ0n) is 17.1. The highest BCUT2D eigenvalue weighted by Gasteiger charge is 2.34. The van der Waals surface area contributed by atoms with Crippen molar-refractivity contribution in [3.05, 3.63) is 35.4 Å². The molecule has 1 aromatic rings. The number of ether oxygens (including phenoxy) is 1. The maximum absolute atomic E-state index is 12.1. The van der Waals surface area contributed by atoms with Crippen LogP contribution < -0.4 is 16.0 Å². The molecule has 7 nitrogen and oxygen atoms in total. The average molecular weight is 391 g/mol. The third kappa shape index (κ3) is 6.80. The third-order valence-electron chi connectivity index (χ3n) is 5.17. The maximum Gasteiger partial charge on any atom is 0.251 e. The van der Waals surface area contributed by atoms with Crippen LogP contribution in [0.15, 0.2) is 29.3 Å². The molecule has 1 atom stereocenters. The van der Waals surface area contributed by atoms with Crippen molar-refractivity contribution >= 4 is 11.9 Å². The van der Waals surface area contributed by atoms with Crippen LogP contribution in [0, 0.1) is 5.41 Å². The van der Waals surface area contributed by atoms with Gasteiger partial charge in [0.25, 0.3) is 5.91 Å². The smallest absolute Gasteiger partial charge is 0.251 e. The number of aliphatic hydroxyl groups excluding tert-OH is 1. The molecule has 0 aliphatic carbocycles. The summed E-state index contributed by atoms with van der Waals surface area (Å²) in [4.78, 5) is 16.3. The van der Waals surface area contributed by atoms with Gasteiger partial charge in [-0.2, -0.15) is 0 Å². The van der Waals surface area contributed by atoms with E-state index >= 15 is 0 Å². The Kier molecular flexibility index (Phi) is 9.23. The zero-order chi connectivity index (χ0) is 20.2. The lowest BCUT2D eigenvalue weighted by atomic mass is 9.84. The number of rotatable bonds is 10. The average Bonchev–Trinajstić information content (AvgIpc) is 3.17. The molecule has 0 saturated carbocycles. The molecule has 0 spiro atoms. The number of nitrogens with zero attached hydrogens (tertiary/aromatic N) is 1. The van der Waals surface area contributed by atoms with Crippen molar-refractivity contribution in [3.8, 4) is 0 Å². The summed E-state index contributed by atoms with van der Waals surface area (Å²) in [5.41, 5.74) is 1.72. The lowest BCUT2D eigenvalue weighted by Gasteiger charge is -2.27. The van der Waals surface area contributed by atoms with Crippen molar-refractivity contribution in [1.82, 2.24) is 16.0 Å². The van der Waals surface area contributed by atoms with Gasteiger partial charge in [0.2, 0.25) is 0 Å². The number of nitrogens with one attached hydrogen (secondary N) is 3. The van der Waals surface area contributed by atoms with Crippen LogP contribution in [0.3, 0.4) is 0 Å². The fourth-order valence-corrected chi connectivity index (χ4v) is 3.24. The van der Waals surface area contributed by atoms with Crippen LogP contribution in [0.25, 0.3) is 0 Å². The Morgan fingerprint density at radius 1 is 1.25 bits per heavy atom. The van der Waals surface area contributed by atoms with Gasteiger partial charge in [-0.15, -0.1) is 0 Å². The molecule has 0 bridgehead atoms. The second kappa shape index (κ2) is 11.7. The van der Waals surface area contributed by atoms with E-state index in [1.807, 2.05) is 24.3 Å². The van der Waals surface area contributed by atoms with E-state index in [1.165, 1.54) is 0 Å². The minimum absolute atomic E-state index is 0.0286. The predicted molar refractivity (Wildman–Crippen MR) is 111 cm³/mol. The van der Waals surface area contributed by atoms with Crippen LogP contribution in [-0.2, 0) is 11.3 Å². The quantitative estimate of drug-likeness (QED) is 0.277. The van der Waals surface area contributed by atoms with Crippen LogP contribution in [-0.4, -0.2) is 56.9 Å². The first kappa shape index (κ1) is 22.2. The van der Waals surface area contributed by atoms with Crippen molar-refractivity contribution in [2.75, 3.05) is 40.0 Å². The SMILES string of the molecule is CCCCNC(=O)c1ccc(CNC(=NC)NCC2(CCO)CCOC2)cc1. The van der Waals surface area contributed by atoms with E-state index < -0.39 is 0 Å². The molecule has 28 heavy (non-hydrogen) atoms. The second-order valence-corrected chi connectivity index (χ2v) is 7.36. The van der Waals surface area contributed by atoms with Gasteiger partial charge < -0.3 is 25.8 Å². The molecule has 7 heteroatoms. The van der Waals surface area contributed by atoms with Crippen molar-refractivity contribution in [3.63, 3.8) is 0 Å². The summed E-state index contributed by atoms with van der Waals surface area (Å²) >= 11 is 0. The minimum atomic E-state index is -0.0293. The van der Waals surface area contributed by atoms with E-state index in [2.05, 4.69) is 27.9 Å². The summed E-state index contributed by atoms with van der Waals surface area (Å²) in [5.74, 6) is 0.684. The van der Waals surface area contributed by atoms with E-state index in [0.717, 1.165) is 37.9 Å². The molecule has 1 aliphatic rings. The molecule has 0 radical (unpaired) electrons. The number of aliphatic imine (C=N–C) groups is 1. The van der Waals surface area contributed by atoms with E-state index in [-0.39, 0.29) is 17.9 Å². The van der Waals surface area contributed by atoms with Gasteiger partial charge in [-0.05, 0) is 37.0 Å². The zero-order valence-corrected chi connectivity index (χ0v) is 17.1. The number of amides is 1. The van der Waals surface area contributed by atoms with Crippen molar-refractivity contribution < 1.29 is 14.6 Å². The van der Waals surface area contributed by atoms with E-state index in [1.54, 1.807) is 7.05 Å².